The zero-order valence-corrected chi connectivity index (χ0v) is 7.03. The van der Waals surface area contributed by atoms with E-state index in [-0.39, 0.29) is 0 Å². The first-order valence-electron chi connectivity index (χ1n) is 4.33. The quantitative estimate of drug-likeness (QED) is 0.332. The van der Waals surface area contributed by atoms with Crippen LogP contribution < -0.4 is 0 Å². The van der Waals surface area contributed by atoms with Crippen molar-refractivity contribution in [1.29, 1.82) is 0 Å². The molecule has 0 bridgehead atoms. The highest BCUT2D eigenvalue weighted by atomic mass is 15.1. The van der Waals surface area contributed by atoms with Crippen LogP contribution in [0.25, 0.3) is 10.4 Å². The summed E-state index contributed by atoms with van der Waals surface area (Å²) >= 11 is 0. The van der Waals surface area contributed by atoms with Gasteiger partial charge < -0.3 is 0 Å². The van der Waals surface area contributed by atoms with Gasteiger partial charge in [0.05, 0.1) is 0 Å². The maximum atomic E-state index is 8.11. The fraction of sp³-hybridized carbons (Fsp3) is 1.00. The number of nitrogens with zero attached hydrogens (tertiary/aromatic N) is 3. The van der Waals surface area contributed by atoms with Gasteiger partial charge >= 0.3 is 0 Å². The molecule has 1 aliphatic rings. The first-order valence-corrected chi connectivity index (χ1v) is 4.33. The van der Waals surface area contributed by atoms with Gasteiger partial charge in [-0.3, -0.25) is 0 Å². The summed E-state index contributed by atoms with van der Waals surface area (Å²) in [4.78, 5) is 2.77. The molecule has 3 heteroatoms. The molecule has 0 spiro atoms. The molecule has 0 aromatic heterocycles. The van der Waals surface area contributed by atoms with Crippen molar-refractivity contribution < 1.29 is 0 Å². The normalized spacial score (nSPS) is 31.0. The Labute approximate surface area is 67.4 Å². The summed E-state index contributed by atoms with van der Waals surface area (Å²) in [5, 5.41) is 3.60. The Morgan fingerprint density at radius 3 is 2.55 bits per heavy atom. The minimum Gasteiger partial charge on any atom is -0.0937 e. The first-order chi connectivity index (χ1) is 5.33. The van der Waals surface area contributed by atoms with E-state index in [0.29, 0.717) is 12.5 Å². The second kappa shape index (κ2) is 4.24. The van der Waals surface area contributed by atoms with Gasteiger partial charge in [0.15, 0.2) is 0 Å². The van der Waals surface area contributed by atoms with Crippen LogP contribution in [-0.2, 0) is 0 Å². The highest BCUT2D eigenvalue weighted by Gasteiger charge is 2.16. The fourth-order valence-electron chi connectivity index (χ4n) is 1.66. The van der Waals surface area contributed by atoms with Gasteiger partial charge in [-0.25, -0.2) is 0 Å². The van der Waals surface area contributed by atoms with Crippen molar-refractivity contribution >= 4 is 0 Å². The van der Waals surface area contributed by atoms with Crippen molar-refractivity contribution in [2.45, 2.75) is 32.6 Å². The largest absolute Gasteiger partial charge is 0.0937 e. The lowest BCUT2D eigenvalue weighted by Gasteiger charge is -2.24. The summed E-state index contributed by atoms with van der Waals surface area (Å²) in [7, 11) is 0. The van der Waals surface area contributed by atoms with Crippen LogP contribution in [0.5, 0.6) is 0 Å². The summed E-state index contributed by atoms with van der Waals surface area (Å²) in [6, 6.07) is 0. The van der Waals surface area contributed by atoms with Crippen molar-refractivity contribution in [2.75, 3.05) is 6.54 Å². The molecule has 11 heavy (non-hydrogen) atoms. The molecule has 0 amide bonds. The summed E-state index contributed by atoms with van der Waals surface area (Å²) in [5.74, 6) is 1.56. The lowest BCUT2D eigenvalue weighted by molar-refractivity contribution is 0.296. The van der Waals surface area contributed by atoms with E-state index in [2.05, 4.69) is 16.9 Å². The predicted molar refractivity (Wildman–Crippen MR) is 45.1 cm³/mol. The highest BCUT2D eigenvalue weighted by Crippen LogP contribution is 2.28. The topological polar surface area (TPSA) is 48.8 Å². The van der Waals surface area contributed by atoms with Crippen LogP contribution in [0, 0.1) is 11.8 Å². The van der Waals surface area contributed by atoms with Gasteiger partial charge in [-0.2, -0.15) is 0 Å². The SMILES string of the molecule is CC1CCC(CN=[N+]=[N-])CC1. The molecule has 0 heterocycles. The average Bonchev–Trinajstić information content (AvgIpc) is 2.04. The van der Waals surface area contributed by atoms with Gasteiger partial charge in [0.1, 0.15) is 0 Å². The summed E-state index contributed by atoms with van der Waals surface area (Å²) in [6.07, 6.45) is 5.12. The molecule has 0 saturated heterocycles. The molecule has 1 rings (SSSR count). The van der Waals surface area contributed by atoms with Gasteiger partial charge in [0.2, 0.25) is 0 Å². The third-order valence-corrected chi connectivity index (χ3v) is 2.54. The van der Waals surface area contributed by atoms with Gasteiger partial charge in [-0.15, -0.1) is 0 Å². The highest BCUT2D eigenvalue weighted by molar-refractivity contribution is 4.71. The molecule has 0 atom stereocenters. The van der Waals surface area contributed by atoms with Gasteiger partial charge in [-0.05, 0) is 17.4 Å². The van der Waals surface area contributed by atoms with Crippen molar-refractivity contribution in [3.8, 4) is 0 Å². The molecule has 62 valence electrons. The molecule has 1 fully saturated rings. The van der Waals surface area contributed by atoms with Gasteiger partial charge in [0.25, 0.3) is 0 Å². The smallest absolute Gasteiger partial charge is 0.0286 e. The molecule has 1 aliphatic carbocycles. The van der Waals surface area contributed by atoms with E-state index in [0.717, 1.165) is 5.92 Å². The third kappa shape index (κ3) is 2.81. The monoisotopic (exact) mass is 153 g/mol. The van der Waals surface area contributed by atoms with E-state index < -0.39 is 0 Å². The zero-order valence-electron chi connectivity index (χ0n) is 7.03. The molecule has 0 radical (unpaired) electrons. The molecule has 0 N–H and O–H groups in total. The third-order valence-electron chi connectivity index (χ3n) is 2.54. The number of azide groups is 1. The second-order valence-electron chi connectivity index (χ2n) is 3.54. The van der Waals surface area contributed by atoms with Crippen molar-refractivity contribution in [2.24, 2.45) is 17.0 Å². The van der Waals surface area contributed by atoms with Gasteiger partial charge in [0, 0.05) is 11.5 Å². The molecule has 1 saturated carbocycles. The molecular formula is C8H15N3. The van der Waals surface area contributed by atoms with Crippen LogP contribution in [0.4, 0.5) is 0 Å². The number of hydrogen-bond acceptors (Lipinski definition) is 1. The Balaban J connectivity index is 2.22. The molecule has 0 aromatic carbocycles. The van der Waals surface area contributed by atoms with Crippen LogP contribution in [0.2, 0.25) is 0 Å². The van der Waals surface area contributed by atoms with Crippen LogP contribution in [-0.4, -0.2) is 6.54 Å². The lowest BCUT2D eigenvalue weighted by Crippen LogP contribution is -2.14. The predicted octanol–water partition coefficient (Wildman–Crippen LogP) is 3.12. The minimum absolute atomic E-state index is 0.669. The fourth-order valence-corrected chi connectivity index (χ4v) is 1.66. The van der Waals surface area contributed by atoms with E-state index in [1.165, 1.54) is 25.7 Å². The van der Waals surface area contributed by atoms with Crippen LogP contribution in [0.1, 0.15) is 32.6 Å². The van der Waals surface area contributed by atoms with E-state index in [9.17, 15) is 0 Å². The number of rotatable bonds is 2. The Bertz CT molecular complexity index is 153. The second-order valence-corrected chi connectivity index (χ2v) is 3.54. The summed E-state index contributed by atoms with van der Waals surface area (Å²) in [6.45, 7) is 3.01. The van der Waals surface area contributed by atoms with Gasteiger partial charge in [-0.1, -0.05) is 37.7 Å². The van der Waals surface area contributed by atoms with E-state index in [1.807, 2.05) is 0 Å². The zero-order chi connectivity index (χ0) is 8.10. The Hall–Kier alpha value is -0.690. The standard InChI is InChI=1S/C8H15N3/c1-7-2-4-8(5-3-7)6-10-11-9/h7-8H,2-6H2,1H3. The van der Waals surface area contributed by atoms with Crippen molar-refractivity contribution in [3.63, 3.8) is 0 Å². The van der Waals surface area contributed by atoms with Crippen molar-refractivity contribution in [3.05, 3.63) is 10.4 Å². The lowest BCUT2D eigenvalue weighted by atomic mass is 9.83. The molecule has 3 nitrogen and oxygen atoms in total. The summed E-state index contributed by atoms with van der Waals surface area (Å²) in [5.41, 5.74) is 8.11. The average molecular weight is 153 g/mol. The molecule has 0 unspecified atom stereocenters. The van der Waals surface area contributed by atoms with Crippen LogP contribution in [0.3, 0.4) is 0 Å². The first kappa shape index (κ1) is 8.41. The van der Waals surface area contributed by atoms with E-state index in [1.54, 1.807) is 0 Å². The summed E-state index contributed by atoms with van der Waals surface area (Å²) < 4.78 is 0. The maximum Gasteiger partial charge on any atom is 0.0286 e. The Kier molecular flexibility index (Phi) is 3.24. The van der Waals surface area contributed by atoms with E-state index in [4.69, 9.17) is 5.53 Å². The molecular weight excluding hydrogens is 138 g/mol. The van der Waals surface area contributed by atoms with E-state index >= 15 is 0 Å². The Morgan fingerprint density at radius 2 is 2.00 bits per heavy atom. The molecule has 0 aromatic rings. The Morgan fingerprint density at radius 1 is 1.36 bits per heavy atom. The van der Waals surface area contributed by atoms with Crippen LogP contribution >= 0.6 is 0 Å². The molecule has 0 aliphatic heterocycles. The van der Waals surface area contributed by atoms with Crippen LogP contribution in [0.15, 0.2) is 5.11 Å². The number of hydrogen-bond donors (Lipinski definition) is 0. The maximum absolute atomic E-state index is 8.11. The minimum atomic E-state index is 0.669. The van der Waals surface area contributed by atoms with Crippen molar-refractivity contribution in [1.82, 2.24) is 0 Å².